The number of aliphatic imine (C=N–C) groups is 1. The second-order valence-corrected chi connectivity index (χ2v) is 7.85. The molecule has 160 valence electrons. The molecule has 1 aliphatic heterocycles. The van der Waals surface area contributed by atoms with Crippen molar-refractivity contribution < 1.29 is 4.79 Å². The van der Waals surface area contributed by atoms with Crippen LogP contribution < -0.4 is 10.6 Å². The second kappa shape index (κ2) is 10.7. The lowest BCUT2D eigenvalue weighted by Gasteiger charge is -2.27. The summed E-state index contributed by atoms with van der Waals surface area (Å²) >= 11 is 1.79. The van der Waals surface area contributed by atoms with Gasteiger partial charge in [-0.15, -0.1) is 45.5 Å². The number of carbonyl (C=O) groups excluding carboxylic acids is 1. The van der Waals surface area contributed by atoms with Crippen LogP contribution in [0.1, 0.15) is 29.6 Å². The van der Waals surface area contributed by atoms with Crippen LogP contribution in [0, 0.1) is 0 Å². The number of hydrogen-bond acceptors (Lipinski definition) is 5. The molecule has 30 heavy (non-hydrogen) atoms. The van der Waals surface area contributed by atoms with E-state index < -0.39 is 0 Å². The molecule has 0 saturated heterocycles. The van der Waals surface area contributed by atoms with Crippen LogP contribution in [0.3, 0.4) is 0 Å². The molecule has 0 aromatic carbocycles. The van der Waals surface area contributed by atoms with E-state index in [4.69, 9.17) is 0 Å². The largest absolute Gasteiger partial charge is 0.357 e. The van der Waals surface area contributed by atoms with E-state index in [-0.39, 0.29) is 29.9 Å². The molecule has 0 unspecified atom stereocenters. The highest BCUT2D eigenvalue weighted by atomic mass is 127. The molecular weight excluding hydrogens is 513 g/mol. The number of halogens is 1. The number of rotatable bonds is 6. The Morgan fingerprint density at radius 1 is 1.27 bits per heavy atom. The predicted octanol–water partition coefficient (Wildman–Crippen LogP) is 2.44. The third-order valence-corrected chi connectivity index (χ3v) is 5.92. The first-order valence-electron chi connectivity index (χ1n) is 9.88. The molecule has 0 radical (unpaired) electrons. The minimum Gasteiger partial charge on any atom is -0.357 e. The summed E-state index contributed by atoms with van der Waals surface area (Å²) < 4.78 is 1.92. The van der Waals surface area contributed by atoms with Crippen molar-refractivity contribution in [3.63, 3.8) is 0 Å². The van der Waals surface area contributed by atoms with Crippen molar-refractivity contribution in [1.29, 1.82) is 0 Å². The first kappa shape index (κ1) is 22.5. The summed E-state index contributed by atoms with van der Waals surface area (Å²) in [7, 11) is 0. The van der Waals surface area contributed by atoms with Crippen molar-refractivity contribution in [3.05, 3.63) is 52.1 Å². The molecule has 3 aromatic heterocycles. The number of nitrogens with zero attached hydrogens (tertiary/aromatic N) is 5. The molecule has 0 saturated carbocycles. The van der Waals surface area contributed by atoms with E-state index in [9.17, 15) is 4.79 Å². The fraction of sp³-hybridized carbons (Fsp3) is 0.400. The Morgan fingerprint density at radius 2 is 2.17 bits per heavy atom. The SMILES string of the molecule is CCNC(=NCc1nnc2ccccn12)NCCC(=O)N1CCc2sccc2C1.I. The van der Waals surface area contributed by atoms with Crippen molar-refractivity contribution in [3.8, 4) is 0 Å². The van der Waals surface area contributed by atoms with Crippen LogP contribution in [0.5, 0.6) is 0 Å². The number of nitrogens with one attached hydrogen (secondary N) is 2. The third-order valence-electron chi connectivity index (χ3n) is 4.90. The van der Waals surface area contributed by atoms with E-state index in [0.717, 1.165) is 37.5 Å². The van der Waals surface area contributed by atoms with E-state index in [1.165, 1.54) is 10.4 Å². The molecule has 0 fully saturated rings. The normalized spacial score (nSPS) is 13.6. The van der Waals surface area contributed by atoms with Crippen molar-refractivity contribution in [2.24, 2.45) is 4.99 Å². The third kappa shape index (κ3) is 5.28. The monoisotopic (exact) mass is 539 g/mol. The Morgan fingerprint density at radius 3 is 3.03 bits per heavy atom. The van der Waals surface area contributed by atoms with Crippen LogP contribution in [0.2, 0.25) is 0 Å². The maximum absolute atomic E-state index is 12.6. The fourth-order valence-corrected chi connectivity index (χ4v) is 4.29. The van der Waals surface area contributed by atoms with Gasteiger partial charge in [-0.05, 0) is 42.5 Å². The standard InChI is InChI=1S/C20H25N7OS.HI/c1-2-21-20(23-13-18-25-24-17-5-3-4-10-27(17)18)22-9-6-19(28)26-11-7-16-15(14-26)8-12-29-16;/h3-5,8,10,12H,2,6-7,9,11,13-14H2,1H3,(H2,21,22,23);1H. The number of hydrogen-bond donors (Lipinski definition) is 2. The number of fused-ring (bicyclic) bond motifs is 2. The molecule has 3 aromatic rings. The van der Waals surface area contributed by atoms with Crippen molar-refractivity contribution in [1.82, 2.24) is 30.1 Å². The summed E-state index contributed by atoms with van der Waals surface area (Å²) in [4.78, 5) is 20.5. The summed E-state index contributed by atoms with van der Waals surface area (Å²) in [6.07, 6.45) is 3.33. The zero-order valence-corrected chi connectivity index (χ0v) is 20.0. The zero-order chi connectivity index (χ0) is 20.1. The van der Waals surface area contributed by atoms with Gasteiger partial charge >= 0.3 is 0 Å². The molecule has 10 heteroatoms. The van der Waals surface area contributed by atoms with Crippen LogP contribution in [-0.4, -0.2) is 51.0 Å². The van der Waals surface area contributed by atoms with Crippen molar-refractivity contribution >= 4 is 52.8 Å². The topological polar surface area (TPSA) is 86.9 Å². The molecule has 2 N–H and O–H groups in total. The van der Waals surface area contributed by atoms with Crippen LogP contribution in [0.4, 0.5) is 0 Å². The number of pyridine rings is 1. The Kier molecular flexibility index (Phi) is 8.02. The van der Waals surface area contributed by atoms with Gasteiger partial charge in [0.25, 0.3) is 0 Å². The molecule has 8 nitrogen and oxygen atoms in total. The van der Waals surface area contributed by atoms with E-state index in [1.807, 2.05) is 40.6 Å². The molecule has 1 aliphatic rings. The van der Waals surface area contributed by atoms with Gasteiger partial charge in [-0.2, -0.15) is 0 Å². The molecule has 1 amide bonds. The Hall–Kier alpha value is -2.21. The van der Waals surface area contributed by atoms with Crippen LogP contribution in [0.25, 0.3) is 5.65 Å². The van der Waals surface area contributed by atoms with Gasteiger partial charge in [0.05, 0.1) is 0 Å². The fourth-order valence-electron chi connectivity index (χ4n) is 3.40. The van der Waals surface area contributed by atoms with Crippen molar-refractivity contribution in [2.45, 2.75) is 32.9 Å². The zero-order valence-electron chi connectivity index (χ0n) is 16.9. The highest BCUT2D eigenvalue weighted by Crippen LogP contribution is 2.24. The lowest BCUT2D eigenvalue weighted by molar-refractivity contribution is -0.131. The number of carbonyl (C=O) groups is 1. The summed E-state index contributed by atoms with van der Waals surface area (Å²) in [5.74, 6) is 1.62. The first-order chi connectivity index (χ1) is 14.2. The number of aromatic nitrogens is 3. The summed E-state index contributed by atoms with van der Waals surface area (Å²) in [5, 5.41) is 16.9. The quantitative estimate of drug-likeness (QED) is 0.286. The Labute approximate surface area is 196 Å². The smallest absolute Gasteiger partial charge is 0.224 e. The van der Waals surface area contributed by atoms with Gasteiger partial charge in [0.1, 0.15) is 6.54 Å². The van der Waals surface area contributed by atoms with Gasteiger partial charge in [-0.3, -0.25) is 9.20 Å². The van der Waals surface area contributed by atoms with Gasteiger partial charge in [-0.25, -0.2) is 4.99 Å². The van der Waals surface area contributed by atoms with Gasteiger partial charge < -0.3 is 15.5 Å². The molecule has 0 atom stereocenters. The van der Waals surface area contributed by atoms with Crippen LogP contribution >= 0.6 is 35.3 Å². The maximum atomic E-state index is 12.6. The van der Waals surface area contributed by atoms with Gasteiger partial charge in [0.15, 0.2) is 17.4 Å². The Bertz CT molecular complexity index is 1020. The minimum atomic E-state index is 0. The average molecular weight is 539 g/mol. The van der Waals surface area contributed by atoms with Gasteiger partial charge in [0.2, 0.25) is 5.91 Å². The summed E-state index contributed by atoms with van der Waals surface area (Å²) in [6.45, 7) is 5.24. The molecule has 0 bridgehead atoms. The molecule has 4 rings (SSSR count). The first-order valence-corrected chi connectivity index (χ1v) is 10.8. The number of guanidine groups is 1. The van der Waals surface area contributed by atoms with Crippen LogP contribution in [-0.2, 0) is 24.3 Å². The maximum Gasteiger partial charge on any atom is 0.224 e. The molecule has 0 aliphatic carbocycles. The highest BCUT2D eigenvalue weighted by Gasteiger charge is 2.21. The van der Waals surface area contributed by atoms with Gasteiger partial charge in [0, 0.05) is 43.7 Å². The molecule has 0 spiro atoms. The highest BCUT2D eigenvalue weighted by molar-refractivity contribution is 14.0. The van der Waals surface area contributed by atoms with E-state index >= 15 is 0 Å². The lowest BCUT2D eigenvalue weighted by atomic mass is 10.1. The van der Waals surface area contributed by atoms with Crippen LogP contribution in [0.15, 0.2) is 40.8 Å². The van der Waals surface area contributed by atoms with E-state index in [0.29, 0.717) is 25.5 Å². The van der Waals surface area contributed by atoms with Gasteiger partial charge in [-0.1, -0.05) is 6.07 Å². The number of amides is 1. The molecular formula is C20H26IN7OS. The average Bonchev–Trinajstić information content (AvgIpc) is 3.38. The Balaban J connectivity index is 0.00000256. The second-order valence-electron chi connectivity index (χ2n) is 6.85. The van der Waals surface area contributed by atoms with E-state index in [1.54, 1.807) is 11.3 Å². The van der Waals surface area contributed by atoms with E-state index in [2.05, 4.69) is 37.3 Å². The van der Waals surface area contributed by atoms with Crippen molar-refractivity contribution in [2.75, 3.05) is 19.6 Å². The molecule has 4 heterocycles. The predicted molar refractivity (Wildman–Crippen MR) is 129 cm³/mol. The summed E-state index contributed by atoms with van der Waals surface area (Å²) in [5.41, 5.74) is 2.09. The summed E-state index contributed by atoms with van der Waals surface area (Å²) in [6, 6.07) is 7.91. The minimum absolute atomic E-state index is 0. The lowest BCUT2D eigenvalue weighted by Crippen LogP contribution is -2.41. The number of thiophene rings is 1.